The Bertz CT molecular complexity index is 484. The number of nitrogens with two attached hydrogens (primary N) is 1. The summed E-state index contributed by atoms with van der Waals surface area (Å²) in [5.74, 6) is 0.245. The number of thioether (sulfide) groups is 1. The molecule has 2 aromatic rings. The highest BCUT2D eigenvalue weighted by Gasteiger charge is 2.05. The van der Waals surface area contributed by atoms with Gasteiger partial charge < -0.3 is 11.1 Å². The zero-order valence-corrected chi connectivity index (χ0v) is 10.4. The highest BCUT2D eigenvalue weighted by Crippen LogP contribution is 2.19. The lowest BCUT2D eigenvalue weighted by Crippen LogP contribution is -2.13. The summed E-state index contributed by atoms with van der Waals surface area (Å²) in [6.45, 7) is 0. The van der Waals surface area contributed by atoms with Crippen molar-refractivity contribution in [1.82, 2.24) is 10.2 Å². The van der Waals surface area contributed by atoms with Crippen molar-refractivity contribution in [2.75, 3.05) is 16.8 Å². The zero-order chi connectivity index (χ0) is 12.1. The molecule has 3 N–H and O–H groups in total. The number of hydrogen-bond donors (Lipinski definition) is 2. The molecule has 2 rings (SSSR count). The lowest BCUT2D eigenvalue weighted by Gasteiger charge is -2.04. The van der Waals surface area contributed by atoms with Crippen molar-refractivity contribution in [3.63, 3.8) is 0 Å². The Balaban J connectivity index is 1.83. The van der Waals surface area contributed by atoms with Gasteiger partial charge in [0.25, 0.3) is 0 Å². The van der Waals surface area contributed by atoms with Crippen molar-refractivity contribution in [3.8, 4) is 0 Å². The first-order valence-electron chi connectivity index (χ1n) is 4.78. The predicted molar refractivity (Wildman–Crippen MR) is 70.1 cm³/mol. The summed E-state index contributed by atoms with van der Waals surface area (Å²) >= 11 is 2.78. The zero-order valence-electron chi connectivity index (χ0n) is 8.79. The van der Waals surface area contributed by atoms with E-state index in [4.69, 9.17) is 5.73 Å². The van der Waals surface area contributed by atoms with Crippen LogP contribution < -0.4 is 11.1 Å². The molecule has 0 saturated heterocycles. The van der Waals surface area contributed by atoms with Crippen LogP contribution in [0.4, 0.5) is 11.4 Å². The summed E-state index contributed by atoms with van der Waals surface area (Å²) in [7, 11) is 0. The van der Waals surface area contributed by atoms with E-state index in [1.807, 2.05) is 0 Å². The highest BCUT2D eigenvalue weighted by atomic mass is 32.2. The lowest BCUT2D eigenvalue weighted by molar-refractivity contribution is -0.113. The van der Waals surface area contributed by atoms with Gasteiger partial charge in [0.2, 0.25) is 5.91 Å². The molecular weight excluding hydrogens is 256 g/mol. The van der Waals surface area contributed by atoms with E-state index in [2.05, 4.69) is 15.5 Å². The van der Waals surface area contributed by atoms with Gasteiger partial charge >= 0.3 is 0 Å². The predicted octanol–water partition coefficient (Wildman–Crippen LogP) is 1.85. The van der Waals surface area contributed by atoms with Crippen LogP contribution >= 0.6 is 23.1 Å². The Morgan fingerprint density at radius 3 is 2.82 bits per heavy atom. The van der Waals surface area contributed by atoms with E-state index in [0.29, 0.717) is 11.4 Å². The van der Waals surface area contributed by atoms with Gasteiger partial charge in [-0.1, -0.05) is 23.1 Å². The summed E-state index contributed by atoms with van der Waals surface area (Å²) < 4.78 is 0.789. The van der Waals surface area contributed by atoms with E-state index in [-0.39, 0.29) is 5.91 Å². The van der Waals surface area contributed by atoms with Gasteiger partial charge in [0, 0.05) is 11.4 Å². The molecule has 0 radical (unpaired) electrons. The van der Waals surface area contributed by atoms with Crippen LogP contribution in [0.5, 0.6) is 0 Å². The first-order valence-corrected chi connectivity index (χ1v) is 6.65. The molecule has 0 saturated carbocycles. The Morgan fingerprint density at radius 1 is 1.41 bits per heavy atom. The topological polar surface area (TPSA) is 80.9 Å². The van der Waals surface area contributed by atoms with Gasteiger partial charge in [-0.25, -0.2) is 0 Å². The van der Waals surface area contributed by atoms with Crippen molar-refractivity contribution >= 4 is 40.4 Å². The molecule has 1 aromatic heterocycles. The normalized spacial score (nSPS) is 10.1. The Kier molecular flexibility index (Phi) is 3.94. The van der Waals surface area contributed by atoms with E-state index in [9.17, 15) is 4.79 Å². The molecule has 0 bridgehead atoms. The first-order chi connectivity index (χ1) is 8.24. The maximum Gasteiger partial charge on any atom is 0.234 e. The second-order valence-corrected chi connectivity index (χ2v) is 5.22. The van der Waals surface area contributed by atoms with Crippen LogP contribution in [0.1, 0.15) is 0 Å². The van der Waals surface area contributed by atoms with Crippen molar-refractivity contribution in [2.45, 2.75) is 4.34 Å². The maximum atomic E-state index is 11.6. The maximum absolute atomic E-state index is 11.6. The molecule has 7 heteroatoms. The first kappa shape index (κ1) is 11.9. The van der Waals surface area contributed by atoms with Crippen molar-refractivity contribution in [3.05, 3.63) is 29.8 Å². The summed E-state index contributed by atoms with van der Waals surface area (Å²) in [5.41, 5.74) is 8.60. The fourth-order valence-electron chi connectivity index (χ4n) is 1.12. The number of nitrogens with zero attached hydrogens (tertiary/aromatic N) is 2. The monoisotopic (exact) mass is 266 g/mol. The molecule has 1 aromatic carbocycles. The number of anilines is 2. The number of amides is 1. The number of carbonyl (C=O) groups excluding carboxylic acids is 1. The fourth-order valence-corrected chi connectivity index (χ4v) is 2.41. The number of nitrogens with one attached hydrogen (secondary N) is 1. The minimum atomic E-state index is -0.0741. The number of rotatable bonds is 4. The average molecular weight is 266 g/mol. The summed E-state index contributed by atoms with van der Waals surface area (Å²) in [4.78, 5) is 11.6. The quantitative estimate of drug-likeness (QED) is 0.652. The molecule has 0 spiro atoms. The van der Waals surface area contributed by atoms with Crippen LogP contribution in [0, 0.1) is 0 Å². The van der Waals surface area contributed by atoms with Gasteiger partial charge in [-0.05, 0) is 24.3 Å². The minimum absolute atomic E-state index is 0.0741. The Morgan fingerprint density at radius 2 is 2.18 bits per heavy atom. The minimum Gasteiger partial charge on any atom is -0.399 e. The SMILES string of the molecule is Nc1ccc(NC(=O)CSc2nncs2)cc1. The van der Waals surface area contributed by atoms with E-state index in [1.54, 1.807) is 29.8 Å². The van der Waals surface area contributed by atoms with Crippen LogP contribution in [0.25, 0.3) is 0 Å². The Labute approximate surface area is 106 Å². The molecule has 88 valence electrons. The van der Waals surface area contributed by atoms with Crippen LogP contribution in [0.2, 0.25) is 0 Å². The molecular formula is C10H10N4OS2. The summed E-state index contributed by atoms with van der Waals surface area (Å²) in [5, 5.41) is 10.3. The number of nitrogen functional groups attached to an aromatic ring is 1. The fraction of sp³-hybridized carbons (Fsp3) is 0.100. The second kappa shape index (κ2) is 5.65. The van der Waals surface area contributed by atoms with Crippen molar-refractivity contribution in [1.29, 1.82) is 0 Å². The number of benzene rings is 1. The number of carbonyl (C=O) groups is 1. The molecule has 0 fully saturated rings. The molecule has 1 amide bonds. The van der Waals surface area contributed by atoms with Crippen LogP contribution in [-0.2, 0) is 4.79 Å². The standard InChI is InChI=1S/C10H10N4OS2/c11-7-1-3-8(4-2-7)13-9(15)5-16-10-14-12-6-17-10/h1-4,6H,5,11H2,(H,13,15). The van der Waals surface area contributed by atoms with Gasteiger partial charge in [-0.2, -0.15) is 0 Å². The average Bonchev–Trinajstić information content (AvgIpc) is 2.83. The van der Waals surface area contributed by atoms with E-state index < -0.39 is 0 Å². The van der Waals surface area contributed by atoms with Gasteiger partial charge in [0.05, 0.1) is 5.75 Å². The Hall–Kier alpha value is -1.60. The van der Waals surface area contributed by atoms with Crippen LogP contribution in [-0.4, -0.2) is 21.9 Å². The van der Waals surface area contributed by atoms with E-state index in [0.717, 1.165) is 10.0 Å². The molecule has 1 heterocycles. The smallest absolute Gasteiger partial charge is 0.234 e. The van der Waals surface area contributed by atoms with E-state index >= 15 is 0 Å². The third-order valence-corrected chi connectivity index (χ3v) is 3.72. The van der Waals surface area contributed by atoms with Gasteiger partial charge in [0.1, 0.15) is 5.51 Å². The lowest BCUT2D eigenvalue weighted by atomic mass is 10.3. The van der Waals surface area contributed by atoms with Gasteiger partial charge in [-0.3, -0.25) is 4.79 Å². The molecule has 0 aliphatic rings. The second-order valence-electron chi connectivity index (χ2n) is 3.16. The van der Waals surface area contributed by atoms with Crippen LogP contribution in [0.3, 0.4) is 0 Å². The molecule has 17 heavy (non-hydrogen) atoms. The third-order valence-electron chi connectivity index (χ3n) is 1.86. The molecule has 0 aliphatic carbocycles. The molecule has 0 unspecified atom stereocenters. The van der Waals surface area contributed by atoms with Crippen LogP contribution in [0.15, 0.2) is 34.1 Å². The number of hydrogen-bond acceptors (Lipinski definition) is 6. The van der Waals surface area contributed by atoms with Gasteiger partial charge in [-0.15, -0.1) is 10.2 Å². The molecule has 0 aliphatic heterocycles. The number of aromatic nitrogens is 2. The highest BCUT2D eigenvalue weighted by molar-refractivity contribution is 8.01. The van der Waals surface area contributed by atoms with Crippen molar-refractivity contribution in [2.24, 2.45) is 0 Å². The van der Waals surface area contributed by atoms with E-state index in [1.165, 1.54) is 23.1 Å². The largest absolute Gasteiger partial charge is 0.399 e. The third kappa shape index (κ3) is 3.72. The summed E-state index contributed by atoms with van der Waals surface area (Å²) in [6, 6.07) is 7.02. The summed E-state index contributed by atoms with van der Waals surface area (Å²) in [6.07, 6.45) is 0. The molecule has 5 nitrogen and oxygen atoms in total. The molecule has 0 atom stereocenters. The van der Waals surface area contributed by atoms with Crippen molar-refractivity contribution < 1.29 is 4.79 Å². The van der Waals surface area contributed by atoms with Gasteiger partial charge in [0.15, 0.2) is 4.34 Å².